The molecule has 9 nitrogen and oxygen atoms in total. The van der Waals surface area contributed by atoms with E-state index >= 15 is 0 Å². The molecule has 0 aliphatic rings. The number of nitrogens with zero attached hydrogens (tertiary/aromatic N) is 2. The van der Waals surface area contributed by atoms with Gasteiger partial charge in [0.05, 0.1) is 12.0 Å². The van der Waals surface area contributed by atoms with Crippen molar-refractivity contribution in [3.8, 4) is 17.2 Å². The van der Waals surface area contributed by atoms with Crippen molar-refractivity contribution >= 4 is 17.5 Å². The first-order valence-corrected chi connectivity index (χ1v) is 10.3. The third kappa shape index (κ3) is 5.89. The average Bonchev–Trinajstić information content (AvgIpc) is 2.82. The summed E-state index contributed by atoms with van der Waals surface area (Å²) in [5.41, 5.74) is 7.14. The maximum absolute atomic E-state index is 12.7. The highest BCUT2D eigenvalue weighted by molar-refractivity contribution is 5.98. The Kier molecular flexibility index (Phi) is 7.15. The number of nitrogens with two attached hydrogens (primary N) is 1. The number of amidine groups is 1. The zero-order chi connectivity index (χ0) is 24.9. The van der Waals surface area contributed by atoms with Crippen LogP contribution in [0.15, 0.2) is 71.9 Å². The summed E-state index contributed by atoms with van der Waals surface area (Å²) >= 11 is 0. The number of carbonyl (C=O) groups is 1. The molecule has 0 atom stereocenters. The number of hydrogen-bond acceptors (Lipinski definition) is 7. The van der Waals surface area contributed by atoms with E-state index in [0.717, 1.165) is 11.6 Å². The Hall–Kier alpha value is -4.40. The highest BCUT2D eigenvalue weighted by Crippen LogP contribution is 2.30. The molecule has 3 rings (SSSR count). The molecule has 0 radical (unpaired) electrons. The molecule has 176 valence electrons. The van der Waals surface area contributed by atoms with Crippen LogP contribution in [0, 0.1) is 10.1 Å². The van der Waals surface area contributed by atoms with Gasteiger partial charge in [-0.1, -0.05) is 50.2 Å². The number of carbonyl (C=O) groups excluding carboxylic acids is 1. The van der Waals surface area contributed by atoms with E-state index in [1.807, 2.05) is 12.1 Å². The van der Waals surface area contributed by atoms with Crippen molar-refractivity contribution < 1.29 is 24.0 Å². The van der Waals surface area contributed by atoms with Crippen LogP contribution >= 0.6 is 0 Å². The molecule has 0 fully saturated rings. The van der Waals surface area contributed by atoms with Crippen molar-refractivity contribution in [1.29, 1.82) is 0 Å². The summed E-state index contributed by atoms with van der Waals surface area (Å²) in [6.07, 6.45) is 0. The van der Waals surface area contributed by atoms with Gasteiger partial charge in [0.15, 0.2) is 5.84 Å². The highest BCUT2D eigenvalue weighted by atomic mass is 16.7. The monoisotopic (exact) mass is 463 g/mol. The molecule has 0 unspecified atom stereocenters. The van der Waals surface area contributed by atoms with Gasteiger partial charge in [0, 0.05) is 17.7 Å². The lowest BCUT2D eigenvalue weighted by atomic mass is 9.87. The maximum Gasteiger partial charge on any atom is 0.369 e. The summed E-state index contributed by atoms with van der Waals surface area (Å²) in [6, 6.07) is 17.6. The van der Waals surface area contributed by atoms with Crippen molar-refractivity contribution in [2.75, 3.05) is 7.11 Å². The second-order valence-electron chi connectivity index (χ2n) is 8.40. The van der Waals surface area contributed by atoms with E-state index in [9.17, 15) is 14.9 Å². The standard InChI is InChI=1S/C25H25N3O6/c1-25(2,3)17-7-5-16(6-8-17)23(26)27-34-24(29)21-15-18(28(30)31)9-14-22(21)33-20-12-10-19(32-4)11-13-20/h5-15H,1-4H3,(H2,26,27). The first-order chi connectivity index (χ1) is 16.1. The Morgan fingerprint density at radius 2 is 1.59 bits per heavy atom. The summed E-state index contributed by atoms with van der Waals surface area (Å²) in [6.45, 7) is 6.27. The average molecular weight is 463 g/mol. The lowest BCUT2D eigenvalue weighted by Gasteiger charge is -2.18. The molecular weight excluding hydrogens is 438 g/mol. The fraction of sp³-hybridized carbons (Fsp3) is 0.200. The van der Waals surface area contributed by atoms with Crippen molar-refractivity contribution in [1.82, 2.24) is 0 Å². The zero-order valence-corrected chi connectivity index (χ0v) is 19.3. The molecule has 0 saturated carbocycles. The topological polar surface area (TPSA) is 126 Å². The van der Waals surface area contributed by atoms with Crippen LogP contribution in [-0.2, 0) is 10.3 Å². The Morgan fingerprint density at radius 1 is 0.971 bits per heavy atom. The van der Waals surface area contributed by atoms with Crippen LogP contribution in [0.5, 0.6) is 17.2 Å². The predicted molar refractivity (Wildman–Crippen MR) is 127 cm³/mol. The van der Waals surface area contributed by atoms with Gasteiger partial charge in [0.25, 0.3) is 5.69 Å². The van der Waals surface area contributed by atoms with Crippen LogP contribution in [0.1, 0.15) is 42.3 Å². The second-order valence-corrected chi connectivity index (χ2v) is 8.40. The van der Waals surface area contributed by atoms with Crippen LogP contribution in [0.4, 0.5) is 5.69 Å². The molecule has 0 aliphatic carbocycles. The predicted octanol–water partition coefficient (Wildman–Crippen LogP) is 5.17. The van der Waals surface area contributed by atoms with Gasteiger partial charge >= 0.3 is 5.97 Å². The van der Waals surface area contributed by atoms with Gasteiger partial charge in [-0.3, -0.25) is 10.1 Å². The van der Waals surface area contributed by atoms with Gasteiger partial charge in [-0.05, 0) is 41.3 Å². The number of hydrogen-bond donors (Lipinski definition) is 1. The number of benzene rings is 3. The van der Waals surface area contributed by atoms with Crippen molar-refractivity contribution in [3.63, 3.8) is 0 Å². The summed E-state index contributed by atoms with van der Waals surface area (Å²) in [5.74, 6) is 0.101. The molecule has 2 N–H and O–H groups in total. The van der Waals surface area contributed by atoms with Crippen molar-refractivity contribution in [3.05, 3.63) is 93.5 Å². The molecule has 0 amide bonds. The number of ether oxygens (including phenoxy) is 2. The summed E-state index contributed by atoms with van der Waals surface area (Å²) in [5, 5.41) is 14.9. The van der Waals surface area contributed by atoms with Crippen LogP contribution in [0.25, 0.3) is 0 Å². The van der Waals surface area contributed by atoms with E-state index in [1.54, 1.807) is 36.4 Å². The Morgan fingerprint density at radius 3 is 2.15 bits per heavy atom. The number of rotatable bonds is 7. The van der Waals surface area contributed by atoms with Crippen LogP contribution < -0.4 is 15.2 Å². The molecule has 0 saturated heterocycles. The van der Waals surface area contributed by atoms with E-state index < -0.39 is 10.9 Å². The maximum atomic E-state index is 12.7. The van der Waals surface area contributed by atoms with Gasteiger partial charge in [0.1, 0.15) is 22.8 Å². The van der Waals surface area contributed by atoms with E-state index in [-0.39, 0.29) is 28.3 Å². The quantitative estimate of drug-likeness (QED) is 0.168. The SMILES string of the molecule is COc1ccc(Oc2ccc([N+](=O)[O-])cc2C(=O)O/N=C(\N)c2ccc(C(C)(C)C)cc2)cc1. The first-order valence-electron chi connectivity index (χ1n) is 10.3. The molecule has 3 aromatic carbocycles. The van der Waals surface area contributed by atoms with Gasteiger partial charge in [-0.15, -0.1) is 0 Å². The smallest absolute Gasteiger partial charge is 0.369 e. The molecule has 0 bridgehead atoms. The lowest BCUT2D eigenvalue weighted by molar-refractivity contribution is -0.384. The Labute approximate surface area is 196 Å². The van der Waals surface area contributed by atoms with Gasteiger partial charge in [-0.2, -0.15) is 0 Å². The molecule has 34 heavy (non-hydrogen) atoms. The minimum absolute atomic E-state index is 0.0168. The first kappa shape index (κ1) is 24.2. The van der Waals surface area contributed by atoms with E-state index in [2.05, 4.69) is 25.9 Å². The van der Waals surface area contributed by atoms with Gasteiger partial charge in [-0.25, -0.2) is 4.79 Å². The minimum Gasteiger partial charge on any atom is -0.497 e. The molecular formula is C25H25N3O6. The molecule has 3 aromatic rings. The van der Waals surface area contributed by atoms with Gasteiger partial charge < -0.3 is 20.0 Å². The third-order valence-electron chi connectivity index (χ3n) is 4.95. The number of non-ortho nitro benzene ring substituents is 1. The van der Waals surface area contributed by atoms with E-state index in [0.29, 0.717) is 17.1 Å². The molecule has 0 spiro atoms. The van der Waals surface area contributed by atoms with E-state index in [4.69, 9.17) is 20.0 Å². The second kappa shape index (κ2) is 10.0. The number of methoxy groups -OCH3 is 1. The van der Waals surface area contributed by atoms with Crippen molar-refractivity contribution in [2.45, 2.75) is 26.2 Å². The highest BCUT2D eigenvalue weighted by Gasteiger charge is 2.21. The lowest BCUT2D eigenvalue weighted by Crippen LogP contribution is -2.17. The number of nitro groups is 1. The zero-order valence-electron chi connectivity index (χ0n) is 19.3. The molecule has 9 heteroatoms. The minimum atomic E-state index is -0.957. The van der Waals surface area contributed by atoms with Gasteiger partial charge in [0.2, 0.25) is 0 Å². The largest absolute Gasteiger partial charge is 0.497 e. The summed E-state index contributed by atoms with van der Waals surface area (Å²) < 4.78 is 10.8. The summed E-state index contributed by atoms with van der Waals surface area (Å²) in [7, 11) is 1.53. The normalized spacial score (nSPS) is 11.6. The fourth-order valence-corrected chi connectivity index (χ4v) is 2.98. The molecule has 0 aromatic heterocycles. The third-order valence-corrected chi connectivity index (χ3v) is 4.95. The molecule has 0 heterocycles. The summed E-state index contributed by atoms with van der Waals surface area (Å²) in [4.78, 5) is 28.3. The Balaban J connectivity index is 1.84. The fourth-order valence-electron chi connectivity index (χ4n) is 2.98. The van der Waals surface area contributed by atoms with E-state index in [1.165, 1.54) is 19.2 Å². The van der Waals surface area contributed by atoms with Crippen LogP contribution in [-0.4, -0.2) is 23.8 Å². The number of nitro benzene ring substituents is 1. The van der Waals surface area contributed by atoms with Crippen molar-refractivity contribution in [2.24, 2.45) is 10.9 Å². The van der Waals surface area contributed by atoms with Crippen LogP contribution in [0.2, 0.25) is 0 Å². The van der Waals surface area contributed by atoms with Crippen LogP contribution in [0.3, 0.4) is 0 Å². The Bertz CT molecular complexity index is 1210. The molecule has 0 aliphatic heterocycles. The number of oxime groups is 1.